The fourth-order valence-corrected chi connectivity index (χ4v) is 4.77. The Morgan fingerprint density at radius 3 is 2.59 bits per heavy atom. The van der Waals surface area contributed by atoms with Crippen molar-refractivity contribution in [2.75, 3.05) is 20.2 Å². The van der Waals surface area contributed by atoms with Crippen molar-refractivity contribution in [1.82, 2.24) is 14.6 Å². The van der Waals surface area contributed by atoms with E-state index in [1.165, 1.54) is 23.5 Å². The summed E-state index contributed by atoms with van der Waals surface area (Å²) in [6.07, 6.45) is 3.33. The summed E-state index contributed by atoms with van der Waals surface area (Å²) >= 11 is 0. The van der Waals surface area contributed by atoms with E-state index in [-0.39, 0.29) is 28.2 Å². The maximum Gasteiger partial charge on any atom is 0.251 e. The number of carbonyl (C=O) groups excluding carboxylic acids is 1. The largest absolute Gasteiger partial charge is 0.495 e. The molecule has 2 heterocycles. The van der Waals surface area contributed by atoms with E-state index < -0.39 is 10.0 Å². The van der Waals surface area contributed by atoms with E-state index in [0.29, 0.717) is 13.1 Å². The number of rotatable bonds is 6. The predicted octanol–water partition coefficient (Wildman–Crippen LogP) is 2.37. The summed E-state index contributed by atoms with van der Waals surface area (Å²) in [5.74, 6) is -0.134. The van der Waals surface area contributed by atoms with Crippen molar-refractivity contribution < 1.29 is 17.9 Å². The first-order chi connectivity index (χ1) is 12.9. The number of methoxy groups -OCH3 is 1. The minimum atomic E-state index is -3.70. The van der Waals surface area contributed by atoms with Crippen molar-refractivity contribution in [2.24, 2.45) is 0 Å². The second-order valence-corrected chi connectivity index (χ2v) is 8.33. The number of pyridine rings is 1. The summed E-state index contributed by atoms with van der Waals surface area (Å²) in [4.78, 5) is 16.9. The van der Waals surface area contributed by atoms with Crippen LogP contribution in [0.15, 0.2) is 47.5 Å². The Kier molecular flexibility index (Phi) is 5.76. The highest BCUT2D eigenvalue weighted by Gasteiger charge is 2.30. The Balaban J connectivity index is 1.87. The standard InChI is InChI=1S/C19H23N3O4S/c1-14(16-7-3-4-10-20-16)21-19(23)15-8-9-17(26-2)18(13-15)27(24,25)22-11-5-6-12-22/h3-4,7-10,13-14H,5-6,11-12H2,1-2H3,(H,21,23). The predicted molar refractivity (Wildman–Crippen MR) is 101 cm³/mol. The summed E-state index contributed by atoms with van der Waals surface area (Å²) in [5, 5.41) is 2.85. The van der Waals surface area contributed by atoms with E-state index in [9.17, 15) is 13.2 Å². The first-order valence-corrected chi connectivity index (χ1v) is 10.3. The van der Waals surface area contributed by atoms with Crippen molar-refractivity contribution in [3.8, 4) is 5.75 Å². The molecule has 0 aliphatic carbocycles. The van der Waals surface area contributed by atoms with E-state index in [1.807, 2.05) is 19.1 Å². The van der Waals surface area contributed by atoms with Crippen LogP contribution in [0.5, 0.6) is 5.75 Å². The van der Waals surface area contributed by atoms with Crippen molar-refractivity contribution in [3.63, 3.8) is 0 Å². The normalized spacial score (nSPS) is 16.1. The molecule has 1 unspecified atom stereocenters. The summed E-state index contributed by atoms with van der Waals surface area (Å²) in [7, 11) is -2.28. The highest BCUT2D eigenvalue weighted by Crippen LogP contribution is 2.30. The van der Waals surface area contributed by atoms with Crippen LogP contribution in [-0.4, -0.2) is 43.8 Å². The average Bonchev–Trinajstić information content (AvgIpc) is 3.23. The number of nitrogens with zero attached hydrogens (tertiary/aromatic N) is 2. The molecule has 1 saturated heterocycles. The van der Waals surface area contributed by atoms with Crippen LogP contribution in [0.2, 0.25) is 0 Å². The molecule has 0 radical (unpaired) electrons. The Morgan fingerprint density at radius 2 is 1.96 bits per heavy atom. The number of hydrogen-bond donors (Lipinski definition) is 1. The van der Waals surface area contributed by atoms with Crippen LogP contribution < -0.4 is 10.1 Å². The third kappa shape index (κ3) is 4.12. The van der Waals surface area contributed by atoms with Crippen LogP contribution in [0, 0.1) is 0 Å². The molecular formula is C19H23N3O4S. The Morgan fingerprint density at radius 1 is 1.22 bits per heavy atom. The summed E-state index contributed by atoms with van der Waals surface area (Å²) in [6.45, 7) is 2.79. The van der Waals surface area contributed by atoms with Crippen molar-refractivity contribution >= 4 is 15.9 Å². The fraction of sp³-hybridized carbons (Fsp3) is 0.368. The van der Waals surface area contributed by atoms with Crippen LogP contribution in [0.1, 0.15) is 41.9 Å². The minimum Gasteiger partial charge on any atom is -0.495 e. The number of hydrogen-bond acceptors (Lipinski definition) is 5. The summed E-state index contributed by atoms with van der Waals surface area (Å²) in [6, 6.07) is 9.62. The number of nitrogens with one attached hydrogen (secondary N) is 1. The molecule has 0 spiro atoms. The number of ether oxygens (including phenoxy) is 1. The quantitative estimate of drug-likeness (QED) is 0.819. The van der Waals surface area contributed by atoms with Gasteiger partial charge in [-0.05, 0) is 50.1 Å². The van der Waals surface area contributed by atoms with Gasteiger partial charge in [-0.1, -0.05) is 6.07 Å². The van der Waals surface area contributed by atoms with Gasteiger partial charge in [0.25, 0.3) is 5.91 Å². The van der Waals surface area contributed by atoms with Crippen LogP contribution in [0.4, 0.5) is 0 Å². The third-order valence-electron chi connectivity index (χ3n) is 4.59. The highest BCUT2D eigenvalue weighted by molar-refractivity contribution is 7.89. The molecule has 1 aliphatic heterocycles. The van der Waals surface area contributed by atoms with Gasteiger partial charge in [0.1, 0.15) is 10.6 Å². The average molecular weight is 389 g/mol. The molecule has 2 aromatic rings. The highest BCUT2D eigenvalue weighted by atomic mass is 32.2. The van der Waals surface area contributed by atoms with Gasteiger partial charge in [0, 0.05) is 24.8 Å². The molecular weight excluding hydrogens is 366 g/mol. The molecule has 0 saturated carbocycles. The molecule has 1 fully saturated rings. The number of carbonyl (C=O) groups is 1. The van der Waals surface area contributed by atoms with Gasteiger partial charge in [0.15, 0.2) is 0 Å². The van der Waals surface area contributed by atoms with E-state index in [0.717, 1.165) is 18.5 Å². The lowest BCUT2D eigenvalue weighted by atomic mass is 10.1. The first kappa shape index (κ1) is 19.3. The molecule has 1 atom stereocenters. The Hall–Kier alpha value is -2.45. The molecule has 8 heteroatoms. The van der Waals surface area contributed by atoms with Crippen LogP contribution in [0.3, 0.4) is 0 Å². The summed E-state index contributed by atoms with van der Waals surface area (Å²) in [5.41, 5.74) is 0.987. The van der Waals surface area contributed by atoms with E-state index >= 15 is 0 Å². The van der Waals surface area contributed by atoms with Gasteiger partial charge in [0.05, 0.1) is 18.8 Å². The smallest absolute Gasteiger partial charge is 0.251 e. The number of amides is 1. The molecule has 0 bridgehead atoms. The fourth-order valence-electron chi connectivity index (χ4n) is 3.07. The molecule has 1 aliphatic rings. The lowest BCUT2D eigenvalue weighted by molar-refractivity contribution is 0.0939. The van der Waals surface area contributed by atoms with Crippen LogP contribution in [-0.2, 0) is 10.0 Å². The minimum absolute atomic E-state index is 0.0186. The third-order valence-corrected chi connectivity index (χ3v) is 6.51. The molecule has 1 aromatic heterocycles. The number of aromatic nitrogens is 1. The topological polar surface area (TPSA) is 88.6 Å². The van der Waals surface area contributed by atoms with Gasteiger partial charge in [-0.2, -0.15) is 4.31 Å². The lowest BCUT2D eigenvalue weighted by Crippen LogP contribution is -2.30. The Bertz CT molecular complexity index is 910. The monoisotopic (exact) mass is 389 g/mol. The van der Waals surface area contributed by atoms with Gasteiger partial charge in [-0.25, -0.2) is 8.42 Å². The van der Waals surface area contributed by atoms with E-state index in [4.69, 9.17) is 4.74 Å². The second kappa shape index (κ2) is 8.06. The summed E-state index contributed by atoms with van der Waals surface area (Å²) < 4.78 is 32.5. The molecule has 1 aromatic carbocycles. The van der Waals surface area contributed by atoms with Crippen molar-refractivity contribution in [1.29, 1.82) is 0 Å². The van der Waals surface area contributed by atoms with E-state index in [1.54, 1.807) is 18.3 Å². The van der Waals surface area contributed by atoms with E-state index in [2.05, 4.69) is 10.3 Å². The zero-order valence-electron chi connectivity index (χ0n) is 15.4. The van der Waals surface area contributed by atoms with Crippen LogP contribution in [0.25, 0.3) is 0 Å². The van der Waals surface area contributed by atoms with Crippen molar-refractivity contribution in [2.45, 2.75) is 30.7 Å². The molecule has 7 nitrogen and oxygen atoms in total. The maximum absolute atomic E-state index is 12.9. The van der Waals surface area contributed by atoms with Gasteiger partial charge >= 0.3 is 0 Å². The second-order valence-electron chi connectivity index (χ2n) is 6.43. The lowest BCUT2D eigenvalue weighted by Gasteiger charge is -2.19. The SMILES string of the molecule is COc1ccc(C(=O)NC(C)c2ccccn2)cc1S(=O)(=O)N1CCCC1. The number of benzene rings is 1. The zero-order valence-corrected chi connectivity index (χ0v) is 16.2. The molecule has 27 heavy (non-hydrogen) atoms. The number of sulfonamides is 1. The zero-order chi connectivity index (χ0) is 19.4. The molecule has 1 amide bonds. The van der Waals surface area contributed by atoms with Gasteiger partial charge in [0.2, 0.25) is 10.0 Å². The molecule has 3 rings (SSSR count). The van der Waals surface area contributed by atoms with Gasteiger partial charge < -0.3 is 10.1 Å². The van der Waals surface area contributed by atoms with Crippen LogP contribution >= 0.6 is 0 Å². The van der Waals surface area contributed by atoms with Crippen molar-refractivity contribution in [3.05, 3.63) is 53.9 Å². The Labute approximate surface area is 159 Å². The molecule has 1 N–H and O–H groups in total. The maximum atomic E-state index is 12.9. The van der Waals surface area contributed by atoms with Gasteiger partial charge in [-0.15, -0.1) is 0 Å². The molecule has 144 valence electrons. The van der Waals surface area contributed by atoms with Gasteiger partial charge in [-0.3, -0.25) is 9.78 Å². The first-order valence-electron chi connectivity index (χ1n) is 8.83.